The molecule has 0 aliphatic carbocycles. The Morgan fingerprint density at radius 2 is 2.15 bits per heavy atom. The van der Waals surface area contributed by atoms with Gasteiger partial charge in [0.05, 0.1) is 0 Å². The van der Waals surface area contributed by atoms with Crippen LogP contribution in [-0.2, 0) is 0 Å². The Kier molecular flexibility index (Phi) is 3.96. The van der Waals surface area contributed by atoms with Crippen LogP contribution in [0.5, 0.6) is 0 Å². The van der Waals surface area contributed by atoms with Crippen LogP contribution in [0, 0.1) is 10.1 Å². The van der Waals surface area contributed by atoms with Crippen molar-refractivity contribution < 1.29 is 4.92 Å². The molecule has 0 aromatic heterocycles. The number of rotatable bonds is 3. The first-order valence-electron chi connectivity index (χ1n) is 3.41. The topological polar surface area (TPSA) is 43.1 Å². The normalized spacial score (nSPS) is 10.5. The van der Waals surface area contributed by atoms with Crippen molar-refractivity contribution in [2.75, 3.05) is 0 Å². The fraction of sp³-hybridized carbons (Fsp3) is 0. The number of hydrogen-bond acceptors (Lipinski definition) is 2. The summed E-state index contributed by atoms with van der Waals surface area (Å²) >= 11 is 5.28. The standard InChI is InChI=1S/C8H6ClNO2Se/c9-5-6-13-8-4-2-1-3-7(8)10(11)12/h1-6H/b6-5+. The van der Waals surface area contributed by atoms with E-state index in [9.17, 15) is 10.1 Å². The van der Waals surface area contributed by atoms with E-state index >= 15 is 0 Å². The number of nitrogens with zero attached hydrogens (tertiary/aromatic N) is 1. The summed E-state index contributed by atoms with van der Waals surface area (Å²) in [6.07, 6.45) is 0. The molecule has 3 nitrogen and oxygen atoms in total. The van der Waals surface area contributed by atoms with Crippen molar-refractivity contribution in [3.63, 3.8) is 0 Å². The first kappa shape index (κ1) is 10.3. The van der Waals surface area contributed by atoms with Gasteiger partial charge in [0.2, 0.25) is 0 Å². The van der Waals surface area contributed by atoms with Gasteiger partial charge in [0.15, 0.2) is 0 Å². The predicted octanol–water partition coefficient (Wildman–Crippen LogP) is 1.63. The third kappa shape index (κ3) is 2.84. The first-order valence-corrected chi connectivity index (χ1v) is 5.69. The van der Waals surface area contributed by atoms with Gasteiger partial charge in [-0.1, -0.05) is 0 Å². The van der Waals surface area contributed by atoms with Crippen LogP contribution in [0.25, 0.3) is 0 Å². The number of nitro groups is 1. The Morgan fingerprint density at radius 1 is 1.46 bits per heavy atom. The molecule has 68 valence electrons. The second-order valence-corrected chi connectivity index (χ2v) is 4.35. The average molecular weight is 263 g/mol. The molecule has 0 amide bonds. The molecule has 0 radical (unpaired) electrons. The SMILES string of the molecule is O=[N+]([O-])c1ccccc1[Se]/C=C/Cl. The van der Waals surface area contributed by atoms with Crippen molar-refractivity contribution in [1.82, 2.24) is 0 Å². The van der Waals surface area contributed by atoms with E-state index in [4.69, 9.17) is 11.6 Å². The monoisotopic (exact) mass is 263 g/mol. The molecule has 5 heteroatoms. The summed E-state index contributed by atoms with van der Waals surface area (Å²) < 4.78 is 0.733. The fourth-order valence-electron chi connectivity index (χ4n) is 0.807. The van der Waals surface area contributed by atoms with Crippen LogP contribution >= 0.6 is 11.6 Å². The summed E-state index contributed by atoms with van der Waals surface area (Å²) in [5, 5.41) is 10.5. The molecule has 1 rings (SSSR count). The Labute approximate surface area is 86.7 Å². The zero-order valence-corrected chi connectivity index (χ0v) is 8.98. The maximum absolute atomic E-state index is 10.5. The van der Waals surface area contributed by atoms with Gasteiger partial charge in [0, 0.05) is 0 Å². The summed E-state index contributed by atoms with van der Waals surface area (Å²) in [5.41, 5.74) is 1.55. The summed E-state index contributed by atoms with van der Waals surface area (Å²) in [4.78, 5) is 11.9. The van der Waals surface area contributed by atoms with Gasteiger partial charge in [-0.25, -0.2) is 0 Å². The van der Waals surface area contributed by atoms with Gasteiger partial charge < -0.3 is 0 Å². The fourth-order valence-corrected chi connectivity index (χ4v) is 2.37. The van der Waals surface area contributed by atoms with E-state index in [2.05, 4.69) is 0 Å². The summed E-state index contributed by atoms with van der Waals surface area (Å²) in [7, 11) is 0. The minimum absolute atomic E-state index is 0.0641. The molecule has 0 heterocycles. The average Bonchev–Trinajstić information content (AvgIpc) is 2.15. The van der Waals surface area contributed by atoms with Gasteiger partial charge in [0.25, 0.3) is 0 Å². The Morgan fingerprint density at radius 3 is 2.77 bits per heavy atom. The zero-order chi connectivity index (χ0) is 9.68. The van der Waals surface area contributed by atoms with E-state index < -0.39 is 0 Å². The van der Waals surface area contributed by atoms with Crippen LogP contribution in [0.3, 0.4) is 0 Å². The molecule has 0 saturated carbocycles. The van der Waals surface area contributed by atoms with Gasteiger partial charge in [-0.3, -0.25) is 0 Å². The van der Waals surface area contributed by atoms with Crippen LogP contribution < -0.4 is 4.46 Å². The van der Waals surface area contributed by atoms with Crippen LogP contribution in [0.15, 0.2) is 34.8 Å². The van der Waals surface area contributed by atoms with E-state index in [0.717, 1.165) is 4.46 Å². The van der Waals surface area contributed by atoms with Crippen molar-refractivity contribution >= 4 is 36.7 Å². The number of hydrogen-bond donors (Lipinski definition) is 0. The van der Waals surface area contributed by atoms with Crippen molar-refractivity contribution in [1.29, 1.82) is 0 Å². The van der Waals surface area contributed by atoms with Crippen LogP contribution in [-0.4, -0.2) is 19.9 Å². The Bertz CT molecular complexity index is 341. The molecular weight excluding hydrogens is 257 g/mol. The van der Waals surface area contributed by atoms with Crippen LogP contribution in [0.1, 0.15) is 0 Å². The zero-order valence-electron chi connectivity index (χ0n) is 6.51. The van der Waals surface area contributed by atoms with Gasteiger partial charge >= 0.3 is 86.5 Å². The quantitative estimate of drug-likeness (QED) is 0.472. The molecule has 1 aromatic rings. The number of nitro benzene ring substituents is 1. The van der Waals surface area contributed by atoms with E-state index in [1.54, 1.807) is 23.2 Å². The molecule has 0 aliphatic heterocycles. The molecular formula is C8H6ClNO2Se. The molecule has 0 fully saturated rings. The Balaban J connectivity index is 2.97. The van der Waals surface area contributed by atoms with Crippen molar-refractivity contribution in [2.45, 2.75) is 0 Å². The molecule has 0 spiro atoms. The van der Waals surface area contributed by atoms with Gasteiger partial charge in [-0.15, -0.1) is 0 Å². The van der Waals surface area contributed by atoms with Gasteiger partial charge in [0.1, 0.15) is 0 Å². The summed E-state index contributed by atoms with van der Waals surface area (Å²) in [6.45, 7) is 0. The molecule has 0 bridgehead atoms. The number of benzene rings is 1. The maximum atomic E-state index is 10.5. The van der Waals surface area contributed by atoms with E-state index in [0.29, 0.717) is 0 Å². The molecule has 13 heavy (non-hydrogen) atoms. The first-order chi connectivity index (χ1) is 6.25. The number of halogens is 1. The molecule has 1 aromatic carbocycles. The predicted molar refractivity (Wildman–Crippen MR) is 53.5 cm³/mol. The summed E-state index contributed by atoms with van der Waals surface area (Å²) in [5.74, 6) is 0. The molecule has 0 saturated heterocycles. The second-order valence-electron chi connectivity index (χ2n) is 2.10. The Hall–Kier alpha value is -0.831. The number of para-hydroxylation sites is 1. The van der Waals surface area contributed by atoms with E-state index in [-0.39, 0.29) is 25.6 Å². The third-order valence-electron chi connectivity index (χ3n) is 1.31. The van der Waals surface area contributed by atoms with Crippen LogP contribution in [0.2, 0.25) is 0 Å². The summed E-state index contributed by atoms with van der Waals surface area (Å²) in [6, 6.07) is 6.68. The third-order valence-corrected chi connectivity index (χ3v) is 3.60. The molecule has 0 atom stereocenters. The van der Waals surface area contributed by atoms with Gasteiger partial charge in [-0.05, 0) is 0 Å². The van der Waals surface area contributed by atoms with E-state index in [1.165, 1.54) is 11.6 Å². The second kappa shape index (κ2) is 5.02. The minimum atomic E-state index is -0.376. The van der Waals surface area contributed by atoms with E-state index in [1.807, 2.05) is 0 Å². The molecule has 0 unspecified atom stereocenters. The molecule has 0 aliphatic rings. The van der Waals surface area contributed by atoms with Crippen molar-refractivity contribution in [3.05, 3.63) is 44.9 Å². The van der Waals surface area contributed by atoms with Crippen LogP contribution in [0.4, 0.5) is 5.69 Å². The molecule has 0 N–H and O–H groups in total. The van der Waals surface area contributed by atoms with Crippen molar-refractivity contribution in [2.24, 2.45) is 0 Å². The van der Waals surface area contributed by atoms with Crippen molar-refractivity contribution in [3.8, 4) is 0 Å². The van der Waals surface area contributed by atoms with Gasteiger partial charge in [-0.2, -0.15) is 0 Å².